The highest BCUT2D eigenvalue weighted by atomic mass is 32.2. The minimum absolute atomic E-state index is 0.0740. The molecule has 0 N–H and O–H groups in total. The Morgan fingerprint density at radius 1 is 0.857 bits per heavy atom. The molecule has 1 aliphatic rings. The van der Waals surface area contributed by atoms with Crippen LogP contribution in [-0.2, 0) is 21.0 Å². The Balaban J connectivity index is 1.50. The van der Waals surface area contributed by atoms with Gasteiger partial charge in [0.15, 0.2) is 0 Å². The summed E-state index contributed by atoms with van der Waals surface area (Å²) in [6.45, 7) is 0. The summed E-state index contributed by atoms with van der Waals surface area (Å²) in [6.07, 6.45) is 1.32. The summed E-state index contributed by atoms with van der Waals surface area (Å²) in [7, 11) is 3.34. The van der Waals surface area contributed by atoms with Gasteiger partial charge < -0.3 is 14.2 Å². The first-order chi connectivity index (χ1) is 13.6. The fourth-order valence-electron chi connectivity index (χ4n) is 3.07. The van der Waals surface area contributed by atoms with E-state index in [0.29, 0.717) is 6.42 Å². The molecule has 0 saturated carbocycles. The molecule has 4 nitrogen and oxygen atoms in total. The van der Waals surface area contributed by atoms with Crippen molar-refractivity contribution < 1.29 is 19.0 Å². The molecule has 0 radical (unpaired) electrons. The largest absolute Gasteiger partial charge is 0.497 e. The van der Waals surface area contributed by atoms with Crippen LogP contribution in [0.3, 0.4) is 0 Å². The standard InChI is InChI=1S/C22H26O4S2/c1-24-19-7-3-17(4-8-19)13-27-15-22(12-11-21(23)26-22)16-28-14-18-5-9-20(25-2)10-6-18/h3-10H,11-16H2,1-2H3. The monoisotopic (exact) mass is 418 g/mol. The lowest BCUT2D eigenvalue weighted by Gasteiger charge is -2.27. The Morgan fingerprint density at radius 2 is 1.32 bits per heavy atom. The van der Waals surface area contributed by atoms with Crippen LogP contribution in [0, 0.1) is 0 Å². The van der Waals surface area contributed by atoms with Crippen LogP contribution in [0.5, 0.6) is 11.5 Å². The van der Waals surface area contributed by atoms with Crippen LogP contribution in [0.25, 0.3) is 0 Å². The summed E-state index contributed by atoms with van der Waals surface area (Å²) in [5.74, 6) is 5.09. The summed E-state index contributed by atoms with van der Waals surface area (Å²) in [5, 5.41) is 0. The number of hydrogen-bond donors (Lipinski definition) is 0. The van der Waals surface area contributed by atoms with E-state index in [1.807, 2.05) is 47.8 Å². The number of methoxy groups -OCH3 is 2. The molecule has 6 heteroatoms. The highest BCUT2D eigenvalue weighted by molar-refractivity contribution is 7.99. The fourth-order valence-corrected chi connectivity index (χ4v) is 5.62. The first-order valence-corrected chi connectivity index (χ1v) is 11.6. The zero-order valence-corrected chi connectivity index (χ0v) is 17.9. The lowest BCUT2D eigenvalue weighted by atomic mass is 10.1. The van der Waals surface area contributed by atoms with Gasteiger partial charge in [-0.15, -0.1) is 0 Å². The second-order valence-corrected chi connectivity index (χ2v) is 8.81. The number of cyclic esters (lactones) is 1. The van der Waals surface area contributed by atoms with Crippen molar-refractivity contribution in [2.24, 2.45) is 0 Å². The molecule has 0 bridgehead atoms. The number of benzene rings is 2. The SMILES string of the molecule is COc1ccc(CSCC2(CSCc3ccc(OC)cc3)CCC(=O)O2)cc1. The van der Waals surface area contributed by atoms with Gasteiger partial charge in [-0.25, -0.2) is 0 Å². The van der Waals surface area contributed by atoms with E-state index in [1.165, 1.54) is 11.1 Å². The second kappa shape index (κ2) is 10.1. The molecule has 0 aromatic heterocycles. The van der Waals surface area contributed by atoms with Crippen molar-refractivity contribution in [3.63, 3.8) is 0 Å². The molecule has 2 aromatic rings. The molecular weight excluding hydrogens is 392 g/mol. The summed E-state index contributed by atoms with van der Waals surface area (Å²) < 4.78 is 16.2. The minimum atomic E-state index is -0.356. The summed E-state index contributed by atoms with van der Waals surface area (Å²) in [6, 6.07) is 16.2. The van der Waals surface area contributed by atoms with Crippen molar-refractivity contribution in [3.8, 4) is 11.5 Å². The Kier molecular flexibility index (Phi) is 7.57. The van der Waals surface area contributed by atoms with Crippen molar-refractivity contribution in [2.75, 3.05) is 25.7 Å². The van der Waals surface area contributed by atoms with Crippen LogP contribution in [0.15, 0.2) is 48.5 Å². The summed E-state index contributed by atoms with van der Waals surface area (Å²) in [5.41, 5.74) is 2.14. The van der Waals surface area contributed by atoms with E-state index in [1.54, 1.807) is 14.2 Å². The van der Waals surface area contributed by atoms with E-state index in [0.717, 1.165) is 40.9 Å². The van der Waals surface area contributed by atoms with Crippen molar-refractivity contribution in [1.82, 2.24) is 0 Å². The quantitative estimate of drug-likeness (QED) is 0.509. The maximum absolute atomic E-state index is 11.8. The minimum Gasteiger partial charge on any atom is -0.497 e. The predicted octanol–water partition coefficient (Wildman–Crippen LogP) is 4.95. The van der Waals surface area contributed by atoms with Gasteiger partial charge in [-0.3, -0.25) is 4.79 Å². The van der Waals surface area contributed by atoms with Gasteiger partial charge in [-0.05, 0) is 41.8 Å². The van der Waals surface area contributed by atoms with Crippen LogP contribution in [0.2, 0.25) is 0 Å². The molecule has 1 aliphatic heterocycles. The van der Waals surface area contributed by atoms with Crippen molar-refractivity contribution >= 4 is 29.5 Å². The zero-order chi connectivity index (χ0) is 19.8. The van der Waals surface area contributed by atoms with Crippen LogP contribution < -0.4 is 9.47 Å². The molecule has 1 fully saturated rings. The predicted molar refractivity (Wildman–Crippen MR) is 116 cm³/mol. The normalized spacial score (nSPS) is 15.3. The number of thioether (sulfide) groups is 2. The first kappa shape index (κ1) is 20.9. The molecule has 0 unspecified atom stereocenters. The molecule has 1 heterocycles. The van der Waals surface area contributed by atoms with E-state index in [2.05, 4.69) is 24.3 Å². The van der Waals surface area contributed by atoms with Gasteiger partial charge in [0, 0.05) is 29.4 Å². The molecule has 2 aromatic carbocycles. The average molecular weight is 419 g/mol. The number of esters is 1. The highest BCUT2D eigenvalue weighted by Crippen LogP contribution is 2.35. The Hall–Kier alpha value is -1.79. The smallest absolute Gasteiger partial charge is 0.306 e. The number of carbonyl (C=O) groups is 1. The number of carbonyl (C=O) groups excluding carboxylic acids is 1. The Morgan fingerprint density at radius 3 is 1.68 bits per heavy atom. The van der Waals surface area contributed by atoms with Gasteiger partial charge in [0.1, 0.15) is 17.1 Å². The third-order valence-corrected chi connectivity index (χ3v) is 7.24. The van der Waals surface area contributed by atoms with Gasteiger partial charge >= 0.3 is 5.97 Å². The maximum atomic E-state index is 11.8. The summed E-state index contributed by atoms with van der Waals surface area (Å²) >= 11 is 3.64. The van der Waals surface area contributed by atoms with Crippen molar-refractivity contribution in [1.29, 1.82) is 0 Å². The van der Waals surface area contributed by atoms with Crippen LogP contribution in [0.1, 0.15) is 24.0 Å². The highest BCUT2D eigenvalue weighted by Gasteiger charge is 2.40. The first-order valence-electron chi connectivity index (χ1n) is 9.26. The molecule has 28 heavy (non-hydrogen) atoms. The molecule has 0 aliphatic carbocycles. The molecular formula is C22H26O4S2. The van der Waals surface area contributed by atoms with Crippen LogP contribution in [-0.4, -0.2) is 37.3 Å². The van der Waals surface area contributed by atoms with E-state index >= 15 is 0 Å². The van der Waals surface area contributed by atoms with E-state index < -0.39 is 0 Å². The molecule has 1 saturated heterocycles. The maximum Gasteiger partial charge on any atom is 0.306 e. The van der Waals surface area contributed by atoms with Crippen LogP contribution >= 0.6 is 23.5 Å². The zero-order valence-electron chi connectivity index (χ0n) is 16.3. The number of rotatable bonds is 10. The van der Waals surface area contributed by atoms with Gasteiger partial charge in [-0.2, -0.15) is 23.5 Å². The molecule has 3 rings (SSSR count). The number of ether oxygens (including phenoxy) is 3. The molecule has 0 amide bonds. The molecule has 0 spiro atoms. The van der Waals surface area contributed by atoms with E-state index in [4.69, 9.17) is 14.2 Å². The van der Waals surface area contributed by atoms with Gasteiger partial charge in [0.2, 0.25) is 0 Å². The Labute approximate surface area is 175 Å². The number of hydrogen-bond acceptors (Lipinski definition) is 6. The Bertz CT molecular complexity index is 706. The van der Waals surface area contributed by atoms with E-state index in [9.17, 15) is 4.79 Å². The fraction of sp³-hybridized carbons (Fsp3) is 0.409. The van der Waals surface area contributed by atoms with E-state index in [-0.39, 0.29) is 11.6 Å². The van der Waals surface area contributed by atoms with Crippen LogP contribution in [0.4, 0.5) is 0 Å². The second-order valence-electron chi connectivity index (χ2n) is 6.84. The lowest BCUT2D eigenvalue weighted by Crippen LogP contribution is -2.34. The van der Waals surface area contributed by atoms with Gasteiger partial charge in [0.25, 0.3) is 0 Å². The molecule has 0 atom stereocenters. The topological polar surface area (TPSA) is 44.8 Å². The van der Waals surface area contributed by atoms with Crippen molar-refractivity contribution in [3.05, 3.63) is 59.7 Å². The third kappa shape index (κ3) is 5.85. The van der Waals surface area contributed by atoms with Gasteiger partial charge in [-0.1, -0.05) is 24.3 Å². The lowest BCUT2D eigenvalue weighted by molar-refractivity contribution is -0.145. The van der Waals surface area contributed by atoms with Gasteiger partial charge in [0.05, 0.1) is 14.2 Å². The third-order valence-electron chi connectivity index (χ3n) is 4.70. The average Bonchev–Trinajstić information content (AvgIpc) is 3.10. The summed E-state index contributed by atoms with van der Waals surface area (Å²) in [4.78, 5) is 11.8. The molecule has 150 valence electrons. The van der Waals surface area contributed by atoms with Crippen molar-refractivity contribution in [2.45, 2.75) is 29.9 Å².